The lowest BCUT2D eigenvalue weighted by molar-refractivity contribution is -0.122. The zero-order valence-electron chi connectivity index (χ0n) is 15.4. The van der Waals surface area contributed by atoms with Crippen molar-refractivity contribution in [1.29, 1.82) is 0 Å². The quantitative estimate of drug-likeness (QED) is 0.755. The molecule has 1 atom stereocenters. The van der Waals surface area contributed by atoms with E-state index in [-0.39, 0.29) is 18.4 Å². The molecule has 0 bridgehead atoms. The fraction of sp³-hybridized carbons (Fsp3) is 0.368. The van der Waals surface area contributed by atoms with E-state index in [2.05, 4.69) is 10.6 Å². The highest BCUT2D eigenvalue weighted by molar-refractivity contribution is 5.98. The summed E-state index contributed by atoms with van der Waals surface area (Å²) in [4.78, 5) is 24.1. The third-order valence-electron chi connectivity index (χ3n) is 3.75. The van der Waals surface area contributed by atoms with Gasteiger partial charge in [-0.05, 0) is 51.1 Å². The number of carbonyl (C=O) groups is 2. The van der Waals surface area contributed by atoms with Crippen LogP contribution in [0.3, 0.4) is 0 Å². The Balaban J connectivity index is 1.96. The molecule has 1 heterocycles. The molecule has 1 aromatic carbocycles. The summed E-state index contributed by atoms with van der Waals surface area (Å²) in [6.07, 6.45) is 0. The summed E-state index contributed by atoms with van der Waals surface area (Å²) in [7, 11) is 1.60. The Bertz CT molecular complexity index is 752. The zero-order valence-corrected chi connectivity index (χ0v) is 15.4. The number of hydrogen-bond donors (Lipinski definition) is 2. The molecule has 0 unspecified atom stereocenters. The van der Waals surface area contributed by atoms with Gasteiger partial charge in [-0.15, -0.1) is 0 Å². The zero-order chi connectivity index (χ0) is 19.1. The summed E-state index contributed by atoms with van der Waals surface area (Å²) in [6, 6.07) is 8.16. The second-order valence-electron chi connectivity index (χ2n) is 5.74. The summed E-state index contributed by atoms with van der Waals surface area (Å²) in [5.41, 5.74) is 0.384. The summed E-state index contributed by atoms with van der Waals surface area (Å²) in [6.45, 7) is 5.85. The van der Waals surface area contributed by atoms with Crippen molar-refractivity contribution in [1.82, 2.24) is 10.6 Å². The molecular formula is C19H24N2O5. The van der Waals surface area contributed by atoms with E-state index < -0.39 is 6.04 Å². The molecule has 0 aliphatic rings. The van der Waals surface area contributed by atoms with Crippen LogP contribution in [0.4, 0.5) is 0 Å². The summed E-state index contributed by atoms with van der Waals surface area (Å²) in [5.74, 6) is 1.81. The molecule has 7 heteroatoms. The lowest BCUT2D eigenvalue weighted by Gasteiger charge is -2.12. The van der Waals surface area contributed by atoms with Crippen molar-refractivity contribution in [2.75, 3.05) is 13.7 Å². The van der Waals surface area contributed by atoms with Crippen molar-refractivity contribution >= 4 is 11.8 Å². The van der Waals surface area contributed by atoms with E-state index in [1.807, 2.05) is 6.92 Å². The highest BCUT2D eigenvalue weighted by atomic mass is 16.5. The van der Waals surface area contributed by atoms with Crippen LogP contribution in [0.2, 0.25) is 0 Å². The van der Waals surface area contributed by atoms with Crippen molar-refractivity contribution in [3.05, 3.63) is 47.4 Å². The van der Waals surface area contributed by atoms with Gasteiger partial charge in [-0.3, -0.25) is 9.59 Å². The molecule has 0 fully saturated rings. The van der Waals surface area contributed by atoms with Gasteiger partial charge in [0.1, 0.15) is 35.7 Å². The van der Waals surface area contributed by atoms with Gasteiger partial charge in [-0.25, -0.2) is 0 Å². The van der Waals surface area contributed by atoms with Crippen LogP contribution in [0.5, 0.6) is 11.5 Å². The van der Waals surface area contributed by atoms with Gasteiger partial charge >= 0.3 is 0 Å². The number of rotatable bonds is 8. The number of likely N-dealkylation sites (N-methyl/N-ethyl adjacent to an activating group) is 1. The predicted molar refractivity (Wildman–Crippen MR) is 96.4 cm³/mol. The molecule has 0 saturated heterocycles. The number of furan rings is 1. The maximum Gasteiger partial charge on any atom is 0.255 e. The van der Waals surface area contributed by atoms with E-state index >= 15 is 0 Å². The van der Waals surface area contributed by atoms with Gasteiger partial charge in [-0.2, -0.15) is 0 Å². The summed E-state index contributed by atoms with van der Waals surface area (Å²) < 4.78 is 16.3. The molecule has 0 saturated carbocycles. The molecule has 7 nitrogen and oxygen atoms in total. The predicted octanol–water partition coefficient (Wildman–Crippen LogP) is 2.43. The number of ether oxygens (including phenoxy) is 2. The number of methoxy groups -OCH3 is 1. The van der Waals surface area contributed by atoms with Gasteiger partial charge < -0.3 is 24.5 Å². The maximum atomic E-state index is 12.3. The Kier molecular flexibility index (Phi) is 6.66. The van der Waals surface area contributed by atoms with Gasteiger partial charge in [0.15, 0.2) is 0 Å². The van der Waals surface area contributed by atoms with E-state index in [9.17, 15) is 9.59 Å². The third-order valence-corrected chi connectivity index (χ3v) is 3.75. The van der Waals surface area contributed by atoms with Crippen LogP contribution in [0.25, 0.3) is 0 Å². The first-order valence-corrected chi connectivity index (χ1v) is 8.39. The third kappa shape index (κ3) is 5.02. The summed E-state index contributed by atoms with van der Waals surface area (Å²) in [5, 5.41) is 5.32. The normalized spacial score (nSPS) is 11.5. The van der Waals surface area contributed by atoms with Crippen LogP contribution < -0.4 is 20.1 Å². The molecule has 2 aromatic rings. The van der Waals surface area contributed by atoms with Crippen molar-refractivity contribution in [3.63, 3.8) is 0 Å². The molecular weight excluding hydrogens is 336 g/mol. The number of aryl methyl sites for hydroxylation is 1. The average molecular weight is 360 g/mol. The smallest absolute Gasteiger partial charge is 0.255 e. The first-order chi connectivity index (χ1) is 12.4. The van der Waals surface area contributed by atoms with Gasteiger partial charge in [-0.1, -0.05) is 0 Å². The molecule has 2 N–H and O–H groups in total. The average Bonchev–Trinajstić information content (AvgIpc) is 3.01. The topological polar surface area (TPSA) is 89.8 Å². The van der Waals surface area contributed by atoms with E-state index in [0.717, 1.165) is 5.75 Å². The molecule has 0 spiro atoms. The highest BCUT2D eigenvalue weighted by Gasteiger charge is 2.20. The number of carbonyl (C=O) groups excluding carboxylic acids is 2. The van der Waals surface area contributed by atoms with Gasteiger partial charge in [0, 0.05) is 6.54 Å². The number of amides is 2. The molecule has 1 aromatic heterocycles. The molecule has 0 radical (unpaired) electrons. The number of benzene rings is 1. The molecule has 2 rings (SSSR count). The molecule has 0 aliphatic carbocycles. The first kappa shape index (κ1) is 19.4. The van der Waals surface area contributed by atoms with Crippen molar-refractivity contribution in [2.24, 2.45) is 0 Å². The Morgan fingerprint density at radius 1 is 1.19 bits per heavy atom. The Labute approximate surface area is 152 Å². The van der Waals surface area contributed by atoms with Crippen LogP contribution in [-0.4, -0.2) is 31.5 Å². The highest BCUT2D eigenvalue weighted by Crippen LogP contribution is 2.20. The fourth-order valence-electron chi connectivity index (χ4n) is 2.33. The first-order valence-electron chi connectivity index (χ1n) is 8.39. The van der Waals surface area contributed by atoms with Crippen LogP contribution in [0.1, 0.15) is 35.7 Å². The molecule has 0 aliphatic heterocycles. The minimum atomic E-state index is -0.629. The van der Waals surface area contributed by atoms with Gasteiger partial charge in [0.05, 0.1) is 12.7 Å². The standard InChI is InChI=1S/C19H24N2O5/c1-5-20-18(22)12(2)21-19(23)17-10-16(26-13(17)3)11-25-15-8-6-14(24-4)7-9-15/h6-10,12H,5,11H2,1-4H3,(H,20,22)(H,21,23)/t12-/m0/s1. The van der Waals surface area contributed by atoms with Crippen molar-refractivity contribution in [2.45, 2.75) is 33.4 Å². The Morgan fingerprint density at radius 3 is 2.46 bits per heavy atom. The van der Waals surface area contributed by atoms with Crippen LogP contribution in [-0.2, 0) is 11.4 Å². The minimum Gasteiger partial charge on any atom is -0.497 e. The number of hydrogen-bond acceptors (Lipinski definition) is 5. The van der Waals surface area contributed by atoms with Crippen LogP contribution in [0.15, 0.2) is 34.7 Å². The van der Waals surface area contributed by atoms with E-state index in [0.29, 0.717) is 29.4 Å². The summed E-state index contributed by atoms with van der Waals surface area (Å²) >= 11 is 0. The molecule has 2 amide bonds. The van der Waals surface area contributed by atoms with Crippen molar-refractivity contribution in [3.8, 4) is 11.5 Å². The molecule has 140 valence electrons. The lowest BCUT2D eigenvalue weighted by Crippen LogP contribution is -2.44. The van der Waals surface area contributed by atoms with E-state index in [4.69, 9.17) is 13.9 Å². The van der Waals surface area contributed by atoms with E-state index in [1.165, 1.54) is 0 Å². The maximum absolute atomic E-state index is 12.3. The monoisotopic (exact) mass is 360 g/mol. The van der Waals surface area contributed by atoms with Crippen LogP contribution >= 0.6 is 0 Å². The minimum absolute atomic E-state index is 0.187. The second-order valence-corrected chi connectivity index (χ2v) is 5.74. The van der Waals surface area contributed by atoms with Crippen LogP contribution in [0, 0.1) is 6.92 Å². The number of nitrogens with one attached hydrogen (secondary N) is 2. The Hall–Kier alpha value is -2.96. The van der Waals surface area contributed by atoms with Crippen molar-refractivity contribution < 1.29 is 23.5 Å². The lowest BCUT2D eigenvalue weighted by atomic mass is 10.2. The molecule has 26 heavy (non-hydrogen) atoms. The Morgan fingerprint density at radius 2 is 1.85 bits per heavy atom. The van der Waals surface area contributed by atoms with Gasteiger partial charge in [0.25, 0.3) is 5.91 Å². The van der Waals surface area contributed by atoms with Gasteiger partial charge in [0.2, 0.25) is 5.91 Å². The fourth-order valence-corrected chi connectivity index (χ4v) is 2.33. The second kappa shape index (κ2) is 8.94. The SMILES string of the molecule is CCNC(=O)[C@H](C)NC(=O)c1cc(COc2ccc(OC)cc2)oc1C. The van der Waals surface area contributed by atoms with E-state index in [1.54, 1.807) is 51.3 Å². The largest absolute Gasteiger partial charge is 0.497 e.